The van der Waals surface area contributed by atoms with Crippen molar-refractivity contribution in [3.8, 4) is 0 Å². The molecule has 0 aliphatic rings. The van der Waals surface area contributed by atoms with Gasteiger partial charge in [-0.15, -0.1) is 0 Å². The first-order chi connectivity index (χ1) is 7.11. The summed E-state index contributed by atoms with van der Waals surface area (Å²) in [6.45, 7) is 3.91. The van der Waals surface area contributed by atoms with Gasteiger partial charge in [-0.05, 0) is 26.0 Å². The van der Waals surface area contributed by atoms with Crippen LogP contribution < -0.4 is 5.43 Å². The Bertz CT molecular complexity index is 557. The topological polar surface area (TPSA) is 22.0 Å². The number of rotatable bonds is 1. The van der Waals surface area contributed by atoms with Crippen molar-refractivity contribution in [3.63, 3.8) is 0 Å². The Balaban J connectivity index is 2.97. The summed E-state index contributed by atoms with van der Waals surface area (Å²) in [6, 6.07) is 6.19. The van der Waals surface area contributed by atoms with Crippen molar-refractivity contribution in [2.75, 3.05) is 0 Å². The van der Waals surface area contributed by atoms with Gasteiger partial charge in [-0.3, -0.25) is 4.79 Å². The fourth-order valence-electron chi connectivity index (χ4n) is 1.72. The molecule has 78 valence electrons. The number of pyridine rings is 1. The molecular formula is C12H12FNO. The van der Waals surface area contributed by atoms with E-state index in [4.69, 9.17) is 0 Å². The zero-order valence-electron chi connectivity index (χ0n) is 8.70. The molecule has 0 radical (unpaired) electrons. The molecule has 3 heteroatoms. The first-order valence-corrected chi connectivity index (χ1v) is 4.90. The van der Waals surface area contributed by atoms with Crippen molar-refractivity contribution in [2.24, 2.45) is 0 Å². The summed E-state index contributed by atoms with van der Waals surface area (Å²) in [5.74, 6) is -0.348. The van der Waals surface area contributed by atoms with Crippen molar-refractivity contribution in [1.82, 2.24) is 4.57 Å². The largest absolute Gasteiger partial charge is 0.342 e. The lowest BCUT2D eigenvalue weighted by Gasteiger charge is -2.14. The smallest absolute Gasteiger partial charge is 0.189 e. The number of benzene rings is 1. The molecule has 0 aliphatic heterocycles. The van der Waals surface area contributed by atoms with E-state index in [1.807, 2.05) is 13.8 Å². The summed E-state index contributed by atoms with van der Waals surface area (Å²) in [7, 11) is 0. The molecule has 0 spiro atoms. The van der Waals surface area contributed by atoms with Gasteiger partial charge in [0, 0.05) is 23.7 Å². The van der Waals surface area contributed by atoms with Gasteiger partial charge in [-0.1, -0.05) is 6.07 Å². The lowest BCUT2D eigenvalue weighted by molar-refractivity contribution is 0.584. The van der Waals surface area contributed by atoms with Gasteiger partial charge in [0.05, 0.1) is 5.52 Å². The molecule has 0 unspecified atom stereocenters. The quantitative estimate of drug-likeness (QED) is 0.701. The zero-order valence-corrected chi connectivity index (χ0v) is 8.70. The fraction of sp³-hybridized carbons (Fsp3) is 0.250. The van der Waals surface area contributed by atoms with E-state index in [9.17, 15) is 9.18 Å². The van der Waals surface area contributed by atoms with E-state index in [-0.39, 0.29) is 17.3 Å². The van der Waals surface area contributed by atoms with E-state index in [0.717, 1.165) is 0 Å². The zero-order chi connectivity index (χ0) is 11.0. The van der Waals surface area contributed by atoms with Crippen molar-refractivity contribution < 1.29 is 4.39 Å². The molecule has 0 atom stereocenters. The molecule has 2 aromatic rings. The highest BCUT2D eigenvalue weighted by Crippen LogP contribution is 2.18. The van der Waals surface area contributed by atoms with Gasteiger partial charge < -0.3 is 4.57 Å². The van der Waals surface area contributed by atoms with Gasteiger partial charge >= 0.3 is 0 Å². The summed E-state index contributed by atoms with van der Waals surface area (Å²) in [4.78, 5) is 11.5. The maximum atomic E-state index is 13.6. The van der Waals surface area contributed by atoms with Crippen molar-refractivity contribution in [2.45, 2.75) is 19.9 Å². The Morgan fingerprint density at radius 2 is 2.00 bits per heavy atom. The molecule has 1 aromatic carbocycles. The predicted molar refractivity (Wildman–Crippen MR) is 58.6 cm³/mol. The van der Waals surface area contributed by atoms with Crippen LogP contribution in [0.25, 0.3) is 10.9 Å². The minimum absolute atomic E-state index is 0.130. The average molecular weight is 205 g/mol. The van der Waals surface area contributed by atoms with Crippen LogP contribution in [0.15, 0.2) is 35.3 Å². The number of aromatic nitrogens is 1. The molecule has 0 bridgehead atoms. The third-order valence-electron chi connectivity index (χ3n) is 2.45. The molecular weight excluding hydrogens is 193 g/mol. The first kappa shape index (κ1) is 9.90. The van der Waals surface area contributed by atoms with E-state index in [0.29, 0.717) is 10.9 Å². The fourth-order valence-corrected chi connectivity index (χ4v) is 1.72. The molecule has 0 fully saturated rings. The third-order valence-corrected chi connectivity index (χ3v) is 2.45. The van der Waals surface area contributed by atoms with Crippen LogP contribution in [-0.2, 0) is 0 Å². The highest BCUT2D eigenvalue weighted by Gasteiger charge is 2.08. The van der Waals surface area contributed by atoms with Crippen LogP contribution in [0.2, 0.25) is 0 Å². The van der Waals surface area contributed by atoms with Crippen molar-refractivity contribution in [1.29, 1.82) is 0 Å². The predicted octanol–water partition coefficient (Wildman–Crippen LogP) is 2.72. The number of hydrogen-bond donors (Lipinski definition) is 0. The van der Waals surface area contributed by atoms with Gasteiger partial charge in [0.1, 0.15) is 5.82 Å². The Morgan fingerprint density at radius 1 is 1.27 bits per heavy atom. The van der Waals surface area contributed by atoms with Gasteiger partial charge in [0.15, 0.2) is 5.43 Å². The number of fused-ring (bicyclic) bond motifs is 1. The van der Waals surface area contributed by atoms with Crippen LogP contribution >= 0.6 is 0 Å². The van der Waals surface area contributed by atoms with Crippen LogP contribution in [0.4, 0.5) is 4.39 Å². The third kappa shape index (κ3) is 1.54. The number of nitrogens with zero attached hydrogens (tertiary/aromatic N) is 1. The number of hydrogen-bond acceptors (Lipinski definition) is 1. The second-order valence-corrected chi connectivity index (χ2v) is 3.82. The van der Waals surface area contributed by atoms with E-state index in [1.165, 1.54) is 12.1 Å². The summed E-state index contributed by atoms with van der Waals surface area (Å²) >= 11 is 0. The first-order valence-electron chi connectivity index (χ1n) is 4.90. The van der Waals surface area contributed by atoms with E-state index < -0.39 is 0 Å². The Labute approximate surface area is 87.0 Å². The molecule has 0 aliphatic carbocycles. The lowest BCUT2D eigenvalue weighted by atomic mass is 10.2. The highest BCUT2D eigenvalue weighted by molar-refractivity contribution is 5.79. The molecule has 1 heterocycles. The average Bonchev–Trinajstić information content (AvgIpc) is 2.19. The lowest BCUT2D eigenvalue weighted by Crippen LogP contribution is -2.10. The van der Waals surface area contributed by atoms with Crippen LogP contribution in [0.1, 0.15) is 19.9 Å². The van der Waals surface area contributed by atoms with Gasteiger partial charge in [0.2, 0.25) is 0 Å². The molecule has 2 rings (SSSR count). The molecule has 0 saturated carbocycles. The standard InChI is InChI=1S/C12H12FNO/c1-8(2)14-7-6-11(15)9-4-3-5-10(13)12(9)14/h3-8H,1-2H3. The summed E-state index contributed by atoms with van der Waals surface area (Å²) in [6.07, 6.45) is 1.64. The highest BCUT2D eigenvalue weighted by atomic mass is 19.1. The monoisotopic (exact) mass is 205 g/mol. The van der Waals surface area contributed by atoms with Gasteiger partial charge in [-0.25, -0.2) is 4.39 Å². The molecule has 15 heavy (non-hydrogen) atoms. The normalized spacial score (nSPS) is 11.2. The number of halogens is 1. The molecule has 0 N–H and O–H groups in total. The van der Waals surface area contributed by atoms with Crippen LogP contribution in [0.5, 0.6) is 0 Å². The maximum absolute atomic E-state index is 13.6. The summed E-state index contributed by atoms with van der Waals surface area (Å²) in [5.41, 5.74) is 0.251. The Hall–Kier alpha value is -1.64. The van der Waals surface area contributed by atoms with E-state index in [2.05, 4.69) is 0 Å². The summed E-state index contributed by atoms with van der Waals surface area (Å²) in [5, 5.41) is 0.436. The molecule has 0 amide bonds. The Morgan fingerprint density at radius 3 is 2.67 bits per heavy atom. The summed E-state index contributed by atoms with van der Waals surface area (Å²) < 4.78 is 15.4. The van der Waals surface area contributed by atoms with E-state index >= 15 is 0 Å². The van der Waals surface area contributed by atoms with Crippen molar-refractivity contribution in [3.05, 3.63) is 46.5 Å². The SMILES string of the molecule is CC(C)n1ccc(=O)c2cccc(F)c21. The maximum Gasteiger partial charge on any atom is 0.189 e. The minimum atomic E-state index is -0.348. The second-order valence-electron chi connectivity index (χ2n) is 3.82. The molecule has 2 nitrogen and oxygen atoms in total. The van der Waals surface area contributed by atoms with Gasteiger partial charge in [-0.2, -0.15) is 0 Å². The second kappa shape index (κ2) is 3.50. The van der Waals surface area contributed by atoms with Crippen molar-refractivity contribution >= 4 is 10.9 Å². The van der Waals surface area contributed by atoms with Crippen LogP contribution in [-0.4, -0.2) is 4.57 Å². The van der Waals surface area contributed by atoms with Gasteiger partial charge in [0.25, 0.3) is 0 Å². The number of para-hydroxylation sites is 1. The van der Waals surface area contributed by atoms with Crippen LogP contribution in [0.3, 0.4) is 0 Å². The van der Waals surface area contributed by atoms with E-state index in [1.54, 1.807) is 22.9 Å². The minimum Gasteiger partial charge on any atom is -0.342 e. The van der Waals surface area contributed by atoms with Crippen LogP contribution in [0, 0.1) is 5.82 Å². The molecule has 1 aromatic heterocycles. The Kier molecular flexibility index (Phi) is 2.31. The molecule has 0 saturated heterocycles.